The van der Waals surface area contributed by atoms with E-state index in [1.165, 1.54) is 25.3 Å². The summed E-state index contributed by atoms with van der Waals surface area (Å²) in [5, 5.41) is 11.5. The zero-order valence-corrected chi connectivity index (χ0v) is 11.1. The fourth-order valence-electron chi connectivity index (χ4n) is 2.27. The number of carbonyl (C=O) groups excluding carboxylic acids is 1. The Bertz CT molecular complexity index is 526. The van der Waals surface area contributed by atoms with Crippen LogP contribution in [0.3, 0.4) is 0 Å². The highest BCUT2D eigenvalue weighted by Crippen LogP contribution is 2.27. The van der Waals surface area contributed by atoms with E-state index < -0.39 is 11.8 Å². The minimum Gasteiger partial charge on any atom is -0.496 e. The van der Waals surface area contributed by atoms with Gasteiger partial charge in [-0.15, -0.1) is 0 Å². The first-order valence-electron chi connectivity index (χ1n) is 6.34. The number of benzene rings is 1. The first-order chi connectivity index (χ1) is 9.49. The molecule has 1 aliphatic carbocycles. The number of hydrogen-bond donors (Lipinski definition) is 2. The van der Waals surface area contributed by atoms with E-state index >= 15 is 0 Å². The van der Waals surface area contributed by atoms with Crippen LogP contribution < -0.4 is 10.1 Å². The van der Waals surface area contributed by atoms with Crippen molar-refractivity contribution in [1.29, 1.82) is 0 Å². The maximum atomic E-state index is 13.2. The maximum absolute atomic E-state index is 13.2. The highest BCUT2D eigenvalue weighted by atomic mass is 19.1. The Balaban J connectivity index is 1.89. The van der Waals surface area contributed by atoms with Gasteiger partial charge in [0.2, 0.25) is 5.91 Å². The fraction of sp³-hybridized carbons (Fsp3) is 0.429. The molecule has 0 spiro atoms. The van der Waals surface area contributed by atoms with Gasteiger partial charge in [-0.1, -0.05) is 0 Å². The molecule has 0 aliphatic heterocycles. The Morgan fingerprint density at radius 2 is 2.15 bits per heavy atom. The lowest BCUT2D eigenvalue weighted by molar-refractivity contribution is -0.146. The lowest BCUT2D eigenvalue weighted by atomic mass is 9.80. The van der Waals surface area contributed by atoms with Gasteiger partial charge in [-0.25, -0.2) is 4.39 Å². The molecular formula is C14H16FNO4. The molecule has 1 aromatic carbocycles. The normalized spacial score (nSPS) is 20.9. The Morgan fingerprint density at radius 3 is 2.75 bits per heavy atom. The monoisotopic (exact) mass is 281 g/mol. The van der Waals surface area contributed by atoms with Crippen LogP contribution in [0.4, 0.5) is 4.39 Å². The molecule has 1 aromatic rings. The van der Waals surface area contributed by atoms with Gasteiger partial charge in [0.1, 0.15) is 11.6 Å². The van der Waals surface area contributed by atoms with Crippen molar-refractivity contribution in [3.63, 3.8) is 0 Å². The number of hydrogen-bond acceptors (Lipinski definition) is 3. The van der Waals surface area contributed by atoms with Gasteiger partial charge in [0, 0.05) is 11.6 Å². The summed E-state index contributed by atoms with van der Waals surface area (Å²) in [7, 11) is 1.46. The molecule has 0 atom stereocenters. The molecule has 0 bridgehead atoms. The van der Waals surface area contributed by atoms with Gasteiger partial charge in [0.15, 0.2) is 0 Å². The van der Waals surface area contributed by atoms with Crippen LogP contribution in [0.5, 0.6) is 5.75 Å². The van der Waals surface area contributed by atoms with Crippen molar-refractivity contribution >= 4 is 11.9 Å². The molecule has 5 nitrogen and oxygen atoms in total. The molecule has 20 heavy (non-hydrogen) atoms. The number of nitrogens with one attached hydrogen (secondary N) is 1. The number of ether oxygens (including phenoxy) is 1. The van der Waals surface area contributed by atoms with Crippen molar-refractivity contribution in [2.45, 2.75) is 25.3 Å². The van der Waals surface area contributed by atoms with Gasteiger partial charge >= 0.3 is 5.97 Å². The molecule has 2 rings (SSSR count). The predicted molar refractivity (Wildman–Crippen MR) is 68.9 cm³/mol. The van der Waals surface area contributed by atoms with Crippen molar-refractivity contribution in [3.05, 3.63) is 29.6 Å². The number of carbonyl (C=O) groups is 2. The second kappa shape index (κ2) is 5.90. The van der Waals surface area contributed by atoms with Crippen molar-refractivity contribution < 1.29 is 23.8 Å². The third-order valence-corrected chi connectivity index (χ3v) is 3.45. The minimum absolute atomic E-state index is 0.00910. The number of aliphatic carboxylic acids is 1. The third kappa shape index (κ3) is 3.26. The van der Waals surface area contributed by atoms with E-state index in [0.717, 1.165) is 0 Å². The Morgan fingerprint density at radius 1 is 1.45 bits per heavy atom. The topological polar surface area (TPSA) is 75.6 Å². The summed E-state index contributed by atoms with van der Waals surface area (Å²) in [6.07, 6.45) is 0.901. The quantitative estimate of drug-likeness (QED) is 0.854. The van der Waals surface area contributed by atoms with E-state index in [4.69, 9.17) is 9.84 Å². The van der Waals surface area contributed by atoms with E-state index in [1.807, 2.05) is 0 Å². The standard InChI is InChI=1S/C14H16FNO4/c1-20-12-3-2-10(15)4-8(12)7-13(17)16-11-5-9(6-11)14(18)19/h2-4,9,11H,5-7H2,1H3,(H,16,17)(H,18,19). The number of carboxylic acid groups (broad SMARTS) is 1. The van der Waals surface area contributed by atoms with Crippen molar-refractivity contribution in [1.82, 2.24) is 5.32 Å². The number of amides is 1. The summed E-state index contributed by atoms with van der Waals surface area (Å²) in [4.78, 5) is 22.5. The summed E-state index contributed by atoms with van der Waals surface area (Å²) < 4.78 is 18.2. The van der Waals surface area contributed by atoms with Crippen molar-refractivity contribution in [2.24, 2.45) is 5.92 Å². The Hall–Kier alpha value is -2.11. The molecule has 6 heteroatoms. The molecule has 1 fully saturated rings. The molecule has 0 heterocycles. The van der Waals surface area contributed by atoms with Crippen molar-refractivity contribution in [3.8, 4) is 5.75 Å². The average molecular weight is 281 g/mol. The zero-order valence-electron chi connectivity index (χ0n) is 11.1. The lowest BCUT2D eigenvalue weighted by Crippen LogP contribution is -2.47. The maximum Gasteiger partial charge on any atom is 0.306 e. The van der Waals surface area contributed by atoms with Crippen LogP contribution in [0.25, 0.3) is 0 Å². The first kappa shape index (κ1) is 14.3. The van der Waals surface area contributed by atoms with E-state index in [0.29, 0.717) is 24.2 Å². The van der Waals surface area contributed by atoms with Crippen LogP contribution >= 0.6 is 0 Å². The summed E-state index contributed by atoms with van der Waals surface area (Å²) in [5.74, 6) is -1.43. The van der Waals surface area contributed by atoms with Gasteiger partial charge in [0.05, 0.1) is 19.4 Å². The number of rotatable bonds is 5. The lowest BCUT2D eigenvalue weighted by Gasteiger charge is -2.32. The third-order valence-electron chi connectivity index (χ3n) is 3.45. The first-order valence-corrected chi connectivity index (χ1v) is 6.34. The molecule has 1 amide bonds. The van der Waals surface area contributed by atoms with Crippen LogP contribution in [-0.2, 0) is 16.0 Å². The zero-order chi connectivity index (χ0) is 14.7. The van der Waals surface area contributed by atoms with Gasteiger partial charge in [-0.3, -0.25) is 9.59 Å². The minimum atomic E-state index is -0.831. The number of carboxylic acids is 1. The van der Waals surface area contributed by atoms with Crippen LogP contribution in [-0.4, -0.2) is 30.1 Å². The smallest absolute Gasteiger partial charge is 0.306 e. The van der Waals surface area contributed by atoms with Crippen LogP contribution in [0.2, 0.25) is 0 Å². The van der Waals surface area contributed by atoms with E-state index in [9.17, 15) is 14.0 Å². The highest BCUT2D eigenvalue weighted by Gasteiger charge is 2.35. The molecule has 0 aromatic heterocycles. The van der Waals surface area contributed by atoms with Crippen LogP contribution in [0.1, 0.15) is 18.4 Å². The van der Waals surface area contributed by atoms with Crippen molar-refractivity contribution in [2.75, 3.05) is 7.11 Å². The molecule has 0 unspecified atom stereocenters. The summed E-state index contributed by atoms with van der Waals surface area (Å²) in [5.41, 5.74) is 0.471. The summed E-state index contributed by atoms with van der Waals surface area (Å²) >= 11 is 0. The largest absolute Gasteiger partial charge is 0.496 e. The van der Waals surface area contributed by atoms with E-state index in [2.05, 4.69) is 5.32 Å². The molecule has 0 saturated heterocycles. The highest BCUT2D eigenvalue weighted by molar-refractivity contribution is 5.80. The summed E-state index contributed by atoms with van der Waals surface area (Å²) in [6.45, 7) is 0. The molecule has 1 aliphatic rings. The molecule has 2 N–H and O–H groups in total. The van der Waals surface area contributed by atoms with Gasteiger partial charge in [0.25, 0.3) is 0 Å². The van der Waals surface area contributed by atoms with Gasteiger partial charge in [-0.2, -0.15) is 0 Å². The van der Waals surface area contributed by atoms with E-state index in [1.54, 1.807) is 0 Å². The number of halogens is 1. The van der Waals surface area contributed by atoms with E-state index in [-0.39, 0.29) is 24.3 Å². The second-order valence-corrected chi connectivity index (χ2v) is 4.90. The van der Waals surface area contributed by atoms with Gasteiger partial charge < -0.3 is 15.2 Å². The Labute approximate surface area is 115 Å². The van der Waals surface area contributed by atoms with Crippen LogP contribution in [0.15, 0.2) is 18.2 Å². The summed E-state index contributed by atoms with van der Waals surface area (Å²) in [6, 6.07) is 3.90. The molecular weight excluding hydrogens is 265 g/mol. The predicted octanol–water partition coefficient (Wildman–Crippen LogP) is 1.36. The second-order valence-electron chi connectivity index (χ2n) is 4.90. The molecule has 108 valence electrons. The number of methoxy groups -OCH3 is 1. The molecule has 1 saturated carbocycles. The SMILES string of the molecule is COc1ccc(F)cc1CC(=O)NC1CC(C(=O)O)C1. The average Bonchev–Trinajstić information content (AvgIpc) is 2.33. The molecule has 0 radical (unpaired) electrons. The Kier molecular flexibility index (Phi) is 4.22. The fourth-order valence-corrected chi connectivity index (χ4v) is 2.27. The van der Waals surface area contributed by atoms with Crippen LogP contribution in [0, 0.1) is 11.7 Å². The van der Waals surface area contributed by atoms with Gasteiger partial charge in [-0.05, 0) is 31.0 Å².